The first-order valence-corrected chi connectivity index (χ1v) is 11.5. The van der Waals surface area contributed by atoms with E-state index < -0.39 is 5.78 Å². The van der Waals surface area contributed by atoms with Crippen LogP contribution in [0.2, 0.25) is 0 Å². The second-order valence-corrected chi connectivity index (χ2v) is 7.48. The molecule has 6 nitrogen and oxygen atoms in total. The van der Waals surface area contributed by atoms with E-state index in [1.165, 1.54) is 39.6 Å². The van der Waals surface area contributed by atoms with Crippen LogP contribution in [-0.2, 0) is 9.59 Å². The topological polar surface area (TPSA) is 76.4 Å². The van der Waals surface area contributed by atoms with E-state index in [1.807, 2.05) is 24.3 Å². The molecule has 0 saturated carbocycles. The van der Waals surface area contributed by atoms with Crippen LogP contribution >= 0.6 is 30.3 Å². The molecule has 1 amide bonds. The zero-order valence-corrected chi connectivity index (χ0v) is 19.5. The summed E-state index contributed by atoms with van der Waals surface area (Å²) >= 11 is 2.11. The minimum Gasteiger partial charge on any atom is -0.382 e. The molecular weight excluding hydrogens is 494 g/mol. The van der Waals surface area contributed by atoms with Crippen LogP contribution in [0.1, 0.15) is 18.9 Å². The third kappa shape index (κ3) is 9.75. The van der Waals surface area contributed by atoms with E-state index in [4.69, 9.17) is 5.26 Å². The SMILES string of the molecule is CCC(=O)NC.CN(C)/C=C(\C#N)C(=O)/C=C/c1cc(F)ccc1N(C)SI. The minimum atomic E-state index is -0.420. The second kappa shape index (κ2) is 14.0. The van der Waals surface area contributed by atoms with E-state index in [0.717, 1.165) is 5.69 Å². The number of ketones is 1. The molecular formula is C19H24FIN4O2S. The van der Waals surface area contributed by atoms with Crippen LogP contribution in [-0.4, -0.2) is 44.8 Å². The van der Waals surface area contributed by atoms with Crippen LogP contribution in [0.4, 0.5) is 10.1 Å². The first-order chi connectivity index (χ1) is 13.2. The number of hydrogen-bond donors (Lipinski definition) is 1. The van der Waals surface area contributed by atoms with Gasteiger partial charge in [-0.05, 0) is 30.4 Å². The van der Waals surface area contributed by atoms with Gasteiger partial charge in [0.1, 0.15) is 17.5 Å². The minimum absolute atomic E-state index is 0.0239. The van der Waals surface area contributed by atoms with Crippen molar-refractivity contribution in [3.63, 3.8) is 0 Å². The maximum Gasteiger partial charge on any atom is 0.219 e. The molecule has 1 aromatic rings. The Morgan fingerprint density at radius 2 is 2.00 bits per heavy atom. The first-order valence-electron chi connectivity index (χ1n) is 8.23. The fourth-order valence-electron chi connectivity index (χ4n) is 1.82. The smallest absolute Gasteiger partial charge is 0.219 e. The van der Waals surface area contributed by atoms with Crippen molar-refractivity contribution in [3.8, 4) is 6.07 Å². The molecule has 152 valence electrons. The quantitative estimate of drug-likeness (QED) is 0.255. The maximum atomic E-state index is 13.4. The number of carbonyl (C=O) groups excluding carboxylic acids is 2. The normalized spacial score (nSPS) is 10.6. The largest absolute Gasteiger partial charge is 0.382 e. The molecule has 0 atom stereocenters. The Bertz CT molecular complexity index is 770. The van der Waals surface area contributed by atoms with Crippen molar-refractivity contribution in [2.24, 2.45) is 0 Å². The average Bonchev–Trinajstić information content (AvgIpc) is 2.69. The molecule has 0 unspecified atom stereocenters. The van der Waals surface area contributed by atoms with Crippen molar-refractivity contribution in [1.82, 2.24) is 10.2 Å². The van der Waals surface area contributed by atoms with Crippen LogP contribution in [0.15, 0.2) is 36.0 Å². The number of hydrogen-bond acceptors (Lipinski definition) is 6. The summed E-state index contributed by atoms with van der Waals surface area (Å²) in [6.07, 6.45) is 4.83. The molecule has 0 fully saturated rings. The van der Waals surface area contributed by atoms with Crippen LogP contribution in [0, 0.1) is 17.1 Å². The predicted molar refractivity (Wildman–Crippen MR) is 122 cm³/mol. The third-order valence-corrected chi connectivity index (χ3v) is 5.40. The maximum absolute atomic E-state index is 13.4. The number of amides is 1. The van der Waals surface area contributed by atoms with Crippen molar-refractivity contribution < 1.29 is 14.0 Å². The van der Waals surface area contributed by atoms with Crippen LogP contribution in [0.5, 0.6) is 0 Å². The van der Waals surface area contributed by atoms with Gasteiger partial charge in [-0.2, -0.15) is 5.26 Å². The number of benzene rings is 1. The van der Waals surface area contributed by atoms with Gasteiger partial charge < -0.3 is 14.5 Å². The van der Waals surface area contributed by atoms with Gasteiger partial charge in [0, 0.05) is 76.7 Å². The van der Waals surface area contributed by atoms with Gasteiger partial charge in [0.25, 0.3) is 0 Å². The van der Waals surface area contributed by atoms with Gasteiger partial charge in [0.15, 0.2) is 5.78 Å². The first kappa shape index (κ1) is 25.9. The monoisotopic (exact) mass is 518 g/mol. The lowest BCUT2D eigenvalue weighted by Crippen LogP contribution is -2.15. The summed E-state index contributed by atoms with van der Waals surface area (Å²) in [5.41, 5.74) is 1.37. The molecule has 1 rings (SSSR count). The number of nitrogens with zero attached hydrogens (tertiary/aromatic N) is 3. The summed E-state index contributed by atoms with van der Waals surface area (Å²) < 4.78 is 15.3. The molecule has 28 heavy (non-hydrogen) atoms. The summed E-state index contributed by atoms with van der Waals surface area (Å²) in [7, 11) is 8.37. The van der Waals surface area contributed by atoms with Gasteiger partial charge in [0.2, 0.25) is 5.91 Å². The molecule has 1 N–H and O–H groups in total. The van der Waals surface area contributed by atoms with Gasteiger partial charge in [-0.1, -0.05) is 6.92 Å². The summed E-state index contributed by atoms with van der Waals surface area (Å²) in [6.45, 7) is 1.82. The summed E-state index contributed by atoms with van der Waals surface area (Å²) in [5, 5.41) is 11.5. The number of rotatable bonds is 7. The highest BCUT2D eigenvalue weighted by Crippen LogP contribution is 2.30. The summed E-state index contributed by atoms with van der Waals surface area (Å²) in [6, 6.07) is 6.22. The highest BCUT2D eigenvalue weighted by molar-refractivity contribution is 14.2. The predicted octanol–water partition coefficient (Wildman–Crippen LogP) is 3.95. The number of anilines is 1. The van der Waals surface area contributed by atoms with Crippen molar-refractivity contribution in [2.45, 2.75) is 13.3 Å². The van der Waals surface area contributed by atoms with Crippen LogP contribution in [0.3, 0.4) is 0 Å². The lowest BCUT2D eigenvalue weighted by molar-refractivity contribution is -0.120. The zero-order valence-electron chi connectivity index (χ0n) is 16.5. The van der Waals surface area contributed by atoms with Crippen LogP contribution < -0.4 is 9.62 Å². The number of carbonyl (C=O) groups is 2. The fraction of sp³-hybridized carbons (Fsp3) is 0.316. The van der Waals surface area contributed by atoms with E-state index in [1.54, 1.807) is 32.1 Å². The Labute approximate surface area is 182 Å². The summed E-state index contributed by atoms with van der Waals surface area (Å²) in [5.74, 6) is -0.710. The number of nitriles is 1. The Morgan fingerprint density at radius 1 is 1.36 bits per heavy atom. The summed E-state index contributed by atoms with van der Waals surface area (Å²) in [4.78, 5) is 23.7. The molecule has 9 heteroatoms. The second-order valence-electron chi connectivity index (χ2n) is 5.61. The van der Waals surface area contributed by atoms with E-state index in [9.17, 15) is 14.0 Å². The van der Waals surface area contributed by atoms with Gasteiger partial charge >= 0.3 is 0 Å². The Balaban J connectivity index is 0.00000105. The van der Waals surface area contributed by atoms with E-state index in [0.29, 0.717) is 12.0 Å². The Kier molecular flexibility index (Phi) is 13.0. The molecule has 0 aliphatic heterocycles. The lowest BCUT2D eigenvalue weighted by atomic mass is 10.1. The molecule has 0 heterocycles. The van der Waals surface area contributed by atoms with Crippen molar-refractivity contribution in [2.75, 3.05) is 32.5 Å². The van der Waals surface area contributed by atoms with Crippen molar-refractivity contribution >= 4 is 53.8 Å². The Hall–Kier alpha value is -2.06. The fourth-order valence-corrected chi connectivity index (χ4v) is 2.70. The molecule has 1 aromatic carbocycles. The highest BCUT2D eigenvalue weighted by atomic mass is 127. The molecule has 0 radical (unpaired) electrons. The zero-order chi connectivity index (χ0) is 21.7. The Morgan fingerprint density at radius 3 is 2.43 bits per heavy atom. The van der Waals surface area contributed by atoms with Gasteiger partial charge in [0.05, 0.1) is 5.69 Å². The lowest BCUT2D eigenvalue weighted by Gasteiger charge is -2.16. The van der Waals surface area contributed by atoms with E-state index >= 15 is 0 Å². The van der Waals surface area contributed by atoms with Crippen LogP contribution in [0.25, 0.3) is 6.08 Å². The number of nitrogens with one attached hydrogen (secondary N) is 1. The van der Waals surface area contributed by atoms with Gasteiger partial charge in [-0.15, -0.1) is 0 Å². The number of allylic oxidation sites excluding steroid dienone is 2. The molecule has 0 spiro atoms. The third-order valence-electron chi connectivity index (χ3n) is 3.22. The van der Waals surface area contributed by atoms with Crippen molar-refractivity contribution in [1.29, 1.82) is 5.26 Å². The van der Waals surface area contributed by atoms with Crippen molar-refractivity contribution in [3.05, 3.63) is 47.4 Å². The number of halogens is 2. The molecule has 0 aromatic heterocycles. The average molecular weight is 518 g/mol. The van der Waals surface area contributed by atoms with Gasteiger partial charge in [-0.3, -0.25) is 9.59 Å². The van der Waals surface area contributed by atoms with E-state index in [2.05, 4.69) is 26.5 Å². The molecule has 0 aliphatic carbocycles. The molecule has 0 aliphatic rings. The molecule has 0 bridgehead atoms. The standard InChI is InChI=1S/C15H15FIN3OS.C4H9NO/c1-19(2)10-12(9-18)15(21)7-4-11-8-13(16)5-6-14(11)20(3)22-17;1-3-4(6)5-2/h4-8,10H,1-3H3;3H2,1-2H3,(H,5,6)/b7-4+,12-10+;. The van der Waals surface area contributed by atoms with Gasteiger partial charge in [-0.25, -0.2) is 4.39 Å². The molecule has 0 saturated heterocycles. The highest BCUT2D eigenvalue weighted by Gasteiger charge is 2.09. The van der Waals surface area contributed by atoms with E-state index in [-0.39, 0.29) is 17.3 Å².